The number of carbonyl (C=O) groups is 3. The van der Waals surface area contributed by atoms with E-state index in [1.807, 2.05) is 48.1 Å². The van der Waals surface area contributed by atoms with Gasteiger partial charge in [0.2, 0.25) is 0 Å². The van der Waals surface area contributed by atoms with Gasteiger partial charge in [-0.25, -0.2) is 9.78 Å². The van der Waals surface area contributed by atoms with E-state index in [1.165, 1.54) is 11.3 Å². The molecule has 3 heterocycles. The Morgan fingerprint density at radius 1 is 1.19 bits per heavy atom. The van der Waals surface area contributed by atoms with Crippen molar-refractivity contribution in [3.63, 3.8) is 0 Å². The van der Waals surface area contributed by atoms with Gasteiger partial charge < -0.3 is 5.32 Å². The van der Waals surface area contributed by atoms with E-state index in [1.54, 1.807) is 19.2 Å². The molecule has 1 aromatic carbocycles. The highest BCUT2D eigenvalue weighted by Gasteiger charge is 2.49. The number of nitrogens with one attached hydrogen (secondary N) is 1. The molecule has 1 unspecified atom stereocenters. The minimum Gasteiger partial charge on any atom is -0.319 e. The van der Waals surface area contributed by atoms with E-state index in [4.69, 9.17) is 0 Å². The molecule has 166 valence electrons. The molecule has 2 aromatic heterocycles. The molecule has 1 aliphatic heterocycles. The summed E-state index contributed by atoms with van der Waals surface area (Å²) in [6.45, 7) is 9.30. The smallest absolute Gasteiger partial charge is 0.319 e. The topological polar surface area (TPSA) is 84.3 Å². The number of nitrogens with zero attached hydrogens (tertiary/aromatic N) is 3. The first kappa shape index (κ1) is 22.0. The van der Waals surface area contributed by atoms with Crippen molar-refractivity contribution in [1.29, 1.82) is 0 Å². The van der Waals surface area contributed by atoms with Gasteiger partial charge in [-0.15, -0.1) is 11.3 Å². The molecule has 0 radical (unpaired) electrons. The van der Waals surface area contributed by atoms with Crippen molar-refractivity contribution >= 4 is 29.1 Å². The van der Waals surface area contributed by atoms with Crippen molar-refractivity contribution in [2.24, 2.45) is 0 Å². The lowest BCUT2D eigenvalue weighted by molar-refractivity contribution is -0.130. The third kappa shape index (κ3) is 3.54. The standard InChI is InChI=1S/C24H26N4O3S/c1-14(2)17-6-8-18(9-7-17)24(5)21(30)27(22(31)26-24)13-20(29)19-12-15(3)28(16(19)4)23-25-10-11-32-23/h6-12,14H,13H2,1-5H3,(H,26,31). The molecule has 1 fully saturated rings. The fraction of sp³-hybridized carbons (Fsp3) is 0.333. The summed E-state index contributed by atoms with van der Waals surface area (Å²) in [5.74, 6) is -0.353. The maximum atomic E-state index is 13.2. The number of Topliss-reactive ketones (excluding diaryl/α,β-unsaturated/α-hetero) is 1. The minimum absolute atomic E-state index is 0.288. The molecule has 1 atom stereocenters. The molecule has 0 aliphatic carbocycles. The summed E-state index contributed by atoms with van der Waals surface area (Å²) >= 11 is 1.47. The number of rotatable bonds is 6. The maximum Gasteiger partial charge on any atom is 0.325 e. The molecule has 0 saturated carbocycles. The number of hydrogen-bond acceptors (Lipinski definition) is 5. The molecule has 32 heavy (non-hydrogen) atoms. The lowest BCUT2D eigenvalue weighted by Gasteiger charge is -2.22. The Hall–Kier alpha value is -3.26. The SMILES string of the molecule is Cc1cc(C(=O)CN2C(=O)NC(C)(c3ccc(C(C)C)cc3)C2=O)c(C)n1-c1nccs1. The van der Waals surface area contributed by atoms with Crippen LogP contribution < -0.4 is 5.32 Å². The van der Waals surface area contributed by atoms with Crippen molar-refractivity contribution in [3.8, 4) is 5.13 Å². The maximum absolute atomic E-state index is 13.2. The monoisotopic (exact) mass is 450 g/mol. The van der Waals surface area contributed by atoms with Gasteiger partial charge in [-0.2, -0.15) is 0 Å². The van der Waals surface area contributed by atoms with Crippen molar-refractivity contribution in [2.75, 3.05) is 6.54 Å². The van der Waals surface area contributed by atoms with Crippen LogP contribution in [0.3, 0.4) is 0 Å². The highest BCUT2D eigenvalue weighted by molar-refractivity contribution is 7.12. The first-order chi connectivity index (χ1) is 15.1. The lowest BCUT2D eigenvalue weighted by Crippen LogP contribution is -2.41. The molecule has 1 aliphatic rings. The highest BCUT2D eigenvalue weighted by Crippen LogP contribution is 2.30. The van der Waals surface area contributed by atoms with Crippen LogP contribution in [0, 0.1) is 13.8 Å². The van der Waals surface area contributed by atoms with E-state index >= 15 is 0 Å². The van der Waals surface area contributed by atoms with Gasteiger partial charge in [0.1, 0.15) is 5.54 Å². The zero-order chi connectivity index (χ0) is 23.2. The van der Waals surface area contributed by atoms with E-state index in [2.05, 4.69) is 24.1 Å². The Kier molecular flexibility index (Phi) is 5.50. The Balaban J connectivity index is 1.58. The molecule has 7 nitrogen and oxygen atoms in total. The molecule has 0 bridgehead atoms. The van der Waals surface area contributed by atoms with E-state index in [9.17, 15) is 14.4 Å². The second-order valence-electron chi connectivity index (χ2n) is 8.58. The predicted molar refractivity (Wildman–Crippen MR) is 123 cm³/mol. The van der Waals surface area contributed by atoms with Gasteiger partial charge in [0.05, 0.1) is 6.54 Å². The van der Waals surface area contributed by atoms with Crippen molar-refractivity contribution < 1.29 is 14.4 Å². The van der Waals surface area contributed by atoms with E-state index in [0.717, 1.165) is 27.0 Å². The summed E-state index contributed by atoms with van der Waals surface area (Å²) in [6.07, 6.45) is 1.71. The first-order valence-corrected chi connectivity index (χ1v) is 11.4. The number of aryl methyl sites for hydroxylation is 1. The summed E-state index contributed by atoms with van der Waals surface area (Å²) in [5.41, 5.74) is 2.72. The van der Waals surface area contributed by atoms with Crippen LogP contribution >= 0.6 is 11.3 Å². The average molecular weight is 451 g/mol. The number of hydrogen-bond donors (Lipinski definition) is 1. The molecule has 4 rings (SSSR count). The number of thiazole rings is 1. The number of amides is 3. The summed E-state index contributed by atoms with van der Waals surface area (Å²) in [7, 11) is 0. The van der Waals surface area contributed by atoms with Crippen molar-refractivity contribution in [3.05, 3.63) is 70.0 Å². The number of carbonyl (C=O) groups excluding carboxylic acids is 3. The summed E-state index contributed by atoms with van der Waals surface area (Å²) in [4.78, 5) is 44.4. The average Bonchev–Trinajstić information content (AvgIpc) is 3.43. The molecular formula is C24H26N4O3S. The van der Waals surface area contributed by atoms with Gasteiger partial charge in [-0.05, 0) is 43.9 Å². The van der Waals surface area contributed by atoms with E-state index < -0.39 is 17.5 Å². The van der Waals surface area contributed by atoms with E-state index in [0.29, 0.717) is 17.0 Å². The van der Waals surface area contributed by atoms with Gasteiger partial charge in [0.15, 0.2) is 10.9 Å². The second kappa shape index (κ2) is 8.02. The fourth-order valence-electron chi connectivity index (χ4n) is 4.13. The highest BCUT2D eigenvalue weighted by atomic mass is 32.1. The summed E-state index contributed by atoms with van der Waals surface area (Å²) < 4.78 is 1.91. The lowest BCUT2D eigenvalue weighted by atomic mass is 9.90. The zero-order valence-corrected chi connectivity index (χ0v) is 19.6. The third-order valence-corrected chi connectivity index (χ3v) is 6.83. The second-order valence-corrected chi connectivity index (χ2v) is 9.45. The quantitative estimate of drug-likeness (QED) is 0.448. The van der Waals surface area contributed by atoms with Gasteiger partial charge in [0, 0.05) is 28.5 Å². The van der Waals surface area contributed by atoms with Gasteiger partial charge >= 0.3 is 6.03 Å². The predicted octanol–water partition coefficient (Wildman–Crippen LogP) is 4.32. The number of imide groups is 1. The van der Waals surface area contributed by atoms with Crippen LogP contribution in [0.4, 0.5) is 4.79 Å². The van der Waals surface area contributed by atoms with Crippen LogP contribution in [0.15, 0.2) is 41.9 Å². The zero-order valence-electron chi connectivity index (χ0n) is 18.8. The normalized spacial score (nSPS) is 18.5. The van der Waals surface area contributed by atoms with Crippen molar-refractivity contribution in [1.82, 2.24) is 19.8 Å². The number of urea groups is 1. The third-order valence-electron chi connectivity index (χ3n) is 6.07. The molecule has 0 spiro atoms. The fourth-order valence-corrected chi connectivity index (χ4v) is 4.88. The first-order valence-electron chi connectivity index (χ1n) is 10.5. The molecule has 8 heteroatoms. The van der Waals surface area contributed by atoms with Gasteiger partial charge in [0.25, 0.3) is 5.91 Å². The van der Waals surface area contributed by atoms with Crippen LogP contribution in [0.25, 0.3) is 5.13 Å². The molecule has 3 aromatic rings. The number of aromatic nitrogens is 2. The van der Waals surface area contributed by atoms with Crippen LogP contribution in [0.2, 0.25) is 0 Å². The Morgan fingerprint density at radius 2 is 1.88 bits per heavy atom. The summed E-state index contributed by atoms with van der Waals surface area (Å²) in [6, 6.07) is 8.87. The molecular weight excluding hydrogens is 424 g/mol. The molecule has 1 saturated heterocycles. The van der Waals surface area contributed by atoms with E-state index in [-0.39, 0.29) is 12.3 Å². The van der Waals surface area contributed by atoms with Gasteiger partial charge in [-0.3, -0.25) is 19.1 Å². The largest absolute Gasteiger partial charge is 0.325 e. The molecule has 3 amide bonds. The van der Waals surface area contributed by atoms with Crippen molar-refractivity contribution in [2.45, 2.75) is 46.1 Å². The summed E-state index contributed by atoms with van der Waals surface area (Å²) in [5, 5.41) is 5.42. The van der Waals surface area contributed by atoms with Crippen LogP contribution in [0.1, 0.15) is 59.6 Å². The minimum atomic E-state index is -1.20. The Labute approximate surface area is 191 Å². The number of benzene rings is 1. The Morgan fingerprint density at radius 3 is 2.47 bits per heavy atom. The van der Waals surface area contributed by atoms with Crippen LogP contribution in [0.5, 0.6) is 0 Å². The Bertz CT molecular complexity index is 1190. The molecule has 1 N–H and O–H groups in total. The van der Waals surface area contributed by atoms with Gasteiger partial charge in [-0.1, -0.05) is 38.1 Å². The number of ketones is 1. The van der Waals surface area contributed by atoms with Crippen LogP contribution in [-0.4, -0.2) is 38.7 Å². The van der Waals surface area contributed by atoms with Crippen LogP contribution in [-0.2, 0) is 10.3 Å².